The fraction of sp³-hybridized carbons (Fsp3) is 0.100. The topological polar surface area (TPSA) is 29.3 Å². The fourth-order valence-electron chi connectivity index (χ4n) is 2.69. The third-order valence-electron chi connectivity index (χ3n) is 3.81. The Morgan fingerprint density at radius 1 is 0.773 bits per heavy atom. The minimum absolute atomic E-state index is 0.797. The highest BCUT2D eigenvalue weighted by molar-refractivity contribution is 5.80. The Morgan fingerprint density at radius 3 is 2.05 bits per heavy atom. The number of para-hydroxylation sites is 1. The highest BCUT2D eigenvalue weighted by Gasteiger charge is 2.11. The Labute approximate surface area is 131 Å². The zero-order valence-electron chi connectivity index (χ0n) is 12.7. The van der Waals surface area contributed by atoms with Crippen molar-refractivity contribution in [2.45, 2.75) is 6.92 Å². The summed E-state index contributed by atoms with van der Waals surface area (Å²) in [7, 11) is 0. The molecule has 0 fully saturated rings. The van der Waals surface area contributed by atoms with Crippen molar-refractivity contribution in [3.05, 3.63) is 78.9 Å². The quantitative estimate of drug-likeness (QED) is 0.677. The van der Waals surface area contributed by atoms with E-state index in [1.165, 1.54) is 11.1 Å². The van der Waals surface area contributed by atoms with Gasteiger partial charge in [-0.1, -0.05) is 54.6 Å². The lowest BCUT2D eigenvalue weighted by molar-refractivity contribution is 1.03. The van der Waals surface area contributed by atoms with Crippen LogP contribution in [0.1, 0.15) is 6.92 Å². The van der Waals surface area contributed by atoms with E-state index >= 15 is 0 Å². The van der Waals surface area contributed by atoms with E-state index in [9.17, 15) is 0 Å². The van der Waals surface area contributed by atoms with Gasteiger partial charge in [0, 0.05) is 12.2 Å². The van der Waals surface area contributed by atoms with Gasteiger partial charge in [0.25, 0.3) is 0 Å². The van der Waals surface area contributed by atoms with E-state index in [1.54, 1.807) is 0 Å². The molecule has 2 nitrogen and oxygen atoms in total. The van der Waals surface area contributed by atoms with Gasteiger partial charge < -0.3 is 10.6 Å². The molecule has 0 radical (unpaired) electrons. The minimum atomic E-state index is 0.797. The number of hydrogen-bond donors (Lipinski definition) is 1. The SMILES string of the molecule is CCN(c1ccccc1)c1cc(-c2ccccc2)ccc1N. The van der Waals surface area contributed by atoms with Crippen molar-refractivity contribution in [3.8, 4) is 11.1 Å². The Kier molecular flexibility index (Phi) is 4.10. The molecule has 3 rings (SSSR count). The van der Waals surface area contributed by atoms with Crippen LogP contribution in [0, 0.1) is 0 Å². The molecular formula is C20H20N2. The summed E-state index contributed by atoms with van der Waals surface area (Å²) in [6, 6.07) is 27.0. The normalized spacial score (nSPS) is 10.4. The molecule has 0 aliphatic carbocycles. The molecule has 0 atom stereocenters. The summed E-state index contributed by atoms with van der Waals surface area (Å²) in [6.45, 7) is 3.01. The summed E-state index contributed by atoms with van der Waals surface area (Å²) >= 11 is 0. The first-order chi connectivity index (χ1) is 10.8. The third-order valence-corrected chi connectivity index (χ3v) is 3.81. The Hall–Kier alpha value is -2.74. The lowest BCUT2D eigenvalue weighted by Crippen LogP contribution is -2.17. The van der Waals surface area contributed by atoms with Crippen LogP contribution in [0.4, 0.5) is 17.1 Å². The van der Waals surface area contributed by atoms with Gasteiger partial charge in [0.05, 0.1) is 11.4 Å². The average molecular weight is 288 g/mol. The lowest BCUT2D eigenvalue weighted by atomic mass is 10.0. The summed E-state index contributed by atoms with van der Waals surface area (Å²) in [5.74, 6) is 0. The second kappa shape index (κ2) is 6.35. The number of rotatable bonds is 4. The number of hydrogen-bond acceptors (Lipinski definition) is 2. The van der Waals surface area contributed by atoms with Crippen LogP contribution in [-0.2, 0) is 0 Å². The lowest BCUT2D eigenvalue weighted by Gasteiger charge is -2.25. The second-order valence-corrected chi connectivity index (χ2v) is 5.22. The van der Waals surface area contributed by atoms with Gasteiger partial charge in [-0.15, -0.1) is 0 Å². The number of anilines is 3. The van der Waals surface area contributed by atoms with Gasteiger partial charge in [-0.05, 0) is 42.3 Å². The van der Waals surface area contributed by atoms with Gasteiger partial charge >= 0.3 is 0 Å². The van der Waals surface area contributed by atoms with Crippen LogP contribution in [0.3, 0.4) is 0 Å². The first-order valence-corrected chi connectivity index (χ1v) is 7.57. The Balaban J connectivity index is 2.06. The molecule has 2 heteroatoms. The standard InChI is InChI=1S/C20H20N2/c1-2-22(18-11-7-4-8-12-18)20-15-17(13-14-19(20)21)16-9-5-3-6-10-16/h3-15H,2,21H2,1H3. The Morgan fingerprint density at radius 2 is 1.41 bits per heavy atom. The molecule has 0 heterocycles. The molecule has 2 N–H and O–H groups in total. The van der Waals surface area contributed by atoms with Gasteiger partial charge in [0.15, 0.2) is 0 Å². The second-order valence-electron chi connectivity index (χ2n) is 5.22. The molecule has 0 bridgehead atoms. The summed E-state index contributed by atoms with van der Waals surface area (Å²) in [5, 5.41) is 0. The maximum Gasteiger partial charge on any atom is 0.0650 e. The molecule has 0 saturated heterocycles. The van der Waals surface area contributed by atoms with Gasteiger partial charge in [0.2, 0.25) is 0 Å². The van der Waals surface area contributed by atoms with Gasteiger partial charge in [-0.25, -0.2) is 0 Å². The molecule has 0 aliphatic rings. The van der Waals surface area contributed by atoms with Crippen LogP contribution in [-0.4, -0.2) is 6.54 Å². The molecule has 0 saturated carbocycles. The van der Waals surface area contributed by atoms with Gasteiger partial charge in [0.1, 0.15) is 0 Å². The van der Waals surface area contributed by atoms with E-state index in [0.29, 0.717) is 0 Å². The highest BCUT2D eigenvalue weighted by atomic mass is 15.1. The summed E-state index contributed by atoms with van der Waals surface area (Å²) in [6.07, 6.45) is 0. The van der Waals surface area contributed by atoms with Crippen molar-refractivity contribution in [1.82, 2.24) is 0 Å². The maximum atomic E-state index is 6.24. The summed E-state index contributed by atoms with van der Waals surface area (Å²) in [4.78, 5) is 2.24. The first kappa shape index (κ1) is 14.2. The first-order valence-electron chi connectivity index (χ1n) is 7.57. The molecule has 22 heavy (non-hydrogen) atoms. The van der Waals surface area contributed by atoms with Crippen LogP contribution < -0.4 is 10.6 Å². The number of nitrogen functional groups attached to an aromatic ring is 1. The number of nitrogens with zero attached hydrogens (tertiary/aromatic N) is 1. The molecule has 0 aliphatic heterocycles. The monoisotopic (exact) mass is 288 g/mol. The van der Waals surface area contributed by atoms with Crippen LogP contribution in [0.5, 0.6) is 0 Å². The Bertz CT molecular complexity index is 736. The average Bonchev–Trinajstić information content (AvgIpc) is 2.59. The van der Waals surface area contributed by atoms with E-state index < -0.39 is 0 Å². The molecule has 0 spiro atoms. The minimum Gasteiger partial charge on any atom is -0.397 e. The molecule has 3 aromatic carbocycles. The molecule has 0 aromatic heterocycles. The third kappa shape index (κ3) is 2.82. The molecule has 110 valence electrons. The maximum absolute atomic E-state index is 6.24. The van der Waals surface area contributed by atoms with E-state index in [4.69, 9.17) is 5.73 Å². The van der Waals surface area contributed by atoms with Crippen molar-refractivity contribution < 1.29 is 0 Å². The van der Waals surface area contributed by atoms with Gasteiger partial charge in [-0.2, -0.15) is 0 Å². The van der Waals surface area contributed by atoms with E-state index in [2.05, 4.69) is 72.5 Å². The van der Waals surface area contributed by atoms with Crippen LogP contribution in [0.2, 0.25) is 0 Å². The molecular weight excluding hydrogens is 268 g/mol. The highest BCUT2D eigenvalue weighted by Crippen LogP contribution is 2.34. The zero-order valence-corrected chi connectivity index (χ0v) is 12.7. The van der Waals surface area contributed by atoms with Crippen molar-refractivity contribution in [1.29, 1.82) is 0 Å². The predicted octanol–water partition coefficient (Wildman–Crippen LogP) is 5.09. The predicted molar refractivity (Wildman–Crippen MR) is 95.4 cm³/mol. The van der Waals surface area contributed by atoms with E-state index in [-0.39, 0.29) is 0 Å². The van der Waals surface area contributed by atoms with Crippen molar-refractivity contribution in [2.24, 2.45) is 0 Å². The fourth-order valence-corrected chi connectivity index (χ4v) is 2.69. The van der Waals surface area contributed by atoms with Crippen molar-refractivity contribution in [3.63, 3.8) is 0 Å². The van der Waals surface area contributed by atoms with Crippen molar-refractivity contribution >= 4 is 17.1 Å². The zero-order chi connectivity index (χ0) is 15.4. The van der Waals surface area contributed by atoms with Gasteiger partial charge in [-0.3, -0.25) is 0 Å². The van der Waals surface area contributed by atoms with Crippen LogP contribution in [0.25, 0.3) is 11.1 Å². The van der Waals surface area contributed by atoms with Crippen LogP contribution in [0.15, 0.2) is 78.9 Å². The number of benzene rings is 3. The smallest absolute Gasteiger partial charge is 0.0650 e. The van der Waals surface area contributed by atoms with Crippen LogP contribution >= 0.6 is 0 Å². The van der Waals surface area contributed by atoms with Crippen molar-refractivity contribution in [2.75, 3.05) is 17.2 Å². The van der Waals surface area contributed by atoms with E-state index in [0.717, 1.165) is 23.6 Å². The summed E-state index contributed by atoms with van der Waals surface area (Å²) < 4.78 is 0. The molecule has 0 unspecified atom stereocenters. The molecule has 3 aromatic rings. The largest absolute Gasteiger partial charge is 0.397 e. The number of nitrogens with two attached hydrogens (primary N) is 1. The summed E-state index contributed by atoms with van der Waals surface area (Å²) in [5.41, 5.74) is 11.6. The molecule has 0 amide bonds. The van der Waals surface area contributed by atoms with E-state index in [1.807, 2.05) is 18.2 Å².